The second-order valence-corrected chi connectivity index (χ2v) is 4.52. The van der Waals surface area contributed by atoms with Crippen molar-refractivity contribution in [3.8, 4) is 5.75 Å². The normalized spacial score (nSPS) is 10.0. The van der Waals surface area contributed by atoms with Crippen molar-refractivity contribution in [2.45, 2.75) is 6.92 Å². The molecule has 0 aliphatic carbocycles. The van der Waals surface area contributed by atoms with Crippen LogP contribution in [0.3, 0.4) is 0 Å². The van der Waals surface area contributed by atoms with Crippen molar-refractivity contribution in [1.82, 2.24) is 5.43 Å². The van der Waals surface area contributed by atoms with Crippen molar-refractivity contribution in [3.63, 3.8) is 0 Å². The molecule has 1 heterocycles. The highest BCUT2D eigenvalue weighted by atomic mass is 35.5. The van der Waals surface area contributed by atoms with Gasteiger partial charge in [0.25, 0.3) is 5.91 Å². The molecule has 0 aliphatic heterocycles. The molecule has 2 rings (SSSR count). The SMILES string of the molecule is Cc1occc(=O)c1OCC(=O)NNc1ccccc1Cl. The minimum atomic E-state index is -0.461. The van der Waals surface area contributed by atoms with Gasteiger partial charge in [0, 0.05) is 6.07 Å². The Morgan fingerprint density at radius 1 is 1.33 bits per heavy atom. The average Bonchev–Trinajstić information content (AvgIpc) is 2.46. The number of amides is 1. The van der Waals surface area contributed by atoms with Gasteiger partial charge in [0.1, 0.15) is 5.76 Å². The van der Waals surface area contributed by atoms with Crippen LogP contribution in [0.4, 0.5) is 5.69 Å². The van der Waals surface area contributed by atoms with E-state index in [0.717, 1.165) is 0 Å². The van der Waals surface area contributed by atoms with Crippen molar-refractivity contribution in [3.05, 3.63) is 57.6 Å². The molecule has 0 bridgehead atoms. The van der Waals surface area contributed by atoms with Crippen molar-refractivity contribution < 1.29 is 13.9 Å². The highest BCUT2D eigenvalue weighted by molar-refractivity contribution is 6.33. The van der Waals surface area contributed by atoms with Crippen molar-refractivity contribution in [2.24, 2.45) is 0 Å². The summed E-state index contributed by atoms with van der Waals surface area (Å²) < 4.78 is 10.2. The summed E-state index contributed by atoms with van der Waals surface area (Å²) in [5.41, 5.74) is 5.30. The molecule has 110 valence electrons. The quantitative estimate of drug-likeness (QED) is 0.827. The molecule has 2 aromatic rings. The van der Waals surface area contributed by atoms with E-state index in [1.165, 1.54) is 12.3 Å². The Kier molecular flexibility index (Phi) is 4.84. The first-order valence-electron chi connectivity index (χ1n) is 6.08. The van der Waals surface area contributed by atoms with Crippen LogP contribution in [-0.4, -0.2) is 12.5 Å². The van der Waals surface area contributed by atoms with Crippen LogP contribution in [0.25, 0.3) is 0 Å². The first-order valence-corrected chi connectivity index (χ1v) is 6.46. The lowest BCUT2D eigenvalue weighted by Crippen LogP contribution is -2.34. The lowest BCUT2D eigenvalue weighted by molar-refractivity contribution is -0.122. The first-order chi connectivity index (χ1) is 10.1. The van der Waals surface area contributed by atoms with Gasteiger partial charge in [0.05, 0.1) is 17.0 Å². The molecule has 0 unspecified atom stereocenters. The summed E-state index contributed by atoms with van der Waals surface area (Å²) in [6.45, 7) is 1.25. The zero-order chi connectivity index (χ0) is 15.2. The molecule has 1 aromatic carbocycles. The number of nitrogens with one attached hydrogen (secondary N) is 2. The fourth-order valence-corrected chi connectivity index (χ4v) is 1.73. The van der Waals surface area contributed by atoms with E-state index in [0.29, 0.717) is 16.5 Å². The number of hydrogen-bond acceptors (Lipinski definition) is 5. The van der Waals surface area contributed by atoms with E-state index in [2.05, 4.69) is 10.9 Å². The molecule has 2 N–H and O–H groups in total. The zero-order valence-corrected chi connectivity index (χ0v) is 11.9. The van der Waals surface area contributed by atoms with Gasteiger partial charge in [-0.3, -0.25) is 20.4 Å². The molecule has 0 atom stereocenters. The lowest BCUT2D eigenvalue weighted by Gasteiger charge is -2.10. The van der Waals surface area contributed by atoms with Crippen LogP contribution in [0.2, 0.25) is 5.02 Å². The van der Waals surface area contributed by atoms with E-state index in [9.17, 15) is 9.59 Å². The van der Waals surface area contributed by atoms with E-state index in [-0.39, 0.29) is 17.8 Å². The molecule has 1 amide bonds. The molecule has 21 heavy (non-hydrogen) atoms. The van der Waals surface area contributed by atoms with Crippen LogP contribution in [-0.2, 0) is 4.79 Å². The topological polar surface area (TPSA) is 80.6 Å². The molecular formula is C14H13ClN2O4. The molecule has 0 radical (unpaired) electrons. The van der Waals surface area contributed by atoms with Gasteiger partial charge in [-0.1, -0.05) is 23.7 Å². The number of halogens is 1. The summed E-state index contributed by atoms with van der Waals surface area (Å²) in [6.07, 6.45) is 1.27. The van der Waals surface area contributed by atoms with Crippen LogP contribution < -0.4 is 21.0 Å². The highest BCUT2D eigenvalue weighted by Gasteiger charge is 2.09. The Morgan fingerprint density at radius 3 is 2.81 bits per heavy atom. The molecule has 0 fully saturated rings. The number of hydrogen-bond donors (Lipinski definition) is 2. The molecule has 0 saturated carbocycles. The van der Waals surface area contributed by atoms with Gasteiger partial charge in [-0.2, -0.15) is 0 Å². The summed E-state index contributed by atoms with van der Waals surface area (Å²) in [7, 11) is 0. The third kappa shape index (κ3) is 4.00. The maximum Gasteiger partial charge on any atom is 0.276 e. The Bertz CT molecular complexity index is 699. The van der Waals surface area contributed by atoms with E-state index in [1.54, 1.807) is 31.2 Å². The van der Waals surface area contributed by atoms with Crippen LogP contribution in [0.15, 0.2) is 45.8 Å². The van der Waals surface area contributed by atoms with Crippen molar-refractivity contribution >= 4 is 23.2 Å². The summed E-state index contributed by atoms with van der Waals surface area (Å²) in [5.74, 6) is -0.127. The number of carbonyl (C=O) groups excluding carboxylic acids is 1. The van der Waals surface area contributed by atoms with Gasteiger partial charge in [0.15, 0.2) is 6.61 Å². The monoisotopic (exact) mass is 308 g/mol. The molecule has 0 saturated heterocycles. The van der Waals surface area contributed by atoms with Gasteiger partial charge in [-0.15, -0.1) is 0 Å². The maximum atomic E-state index is 11.6. The summed E-state index contributed by atoms with van der Waals surface area (Å²) >= 11 is 5.92. The molecular weight excluding hydrogens is 296 g/mol. The molecule has 0 aliphatic rings. The number of anilines is 1. The van der Waals surface area contributed by atoms with E-state index >= 15 is 0 Å². The highest BCUT2D eigenvalue weighted by Crippen LogP contribution is 2.19. The third-order valence-electron chi connectivity index (χ3n) is 2.57. The van der Waals surface area contributed by atoms with Crippen molar-refractivity contribution in [1.29, 1.82) is 0 Å². The number of rotatable bonds is 5. The number of benzene rings is 1. The van der Waals surface area contributed by atoms with Crippen LogP contribution in [0.1, 0.15) is 5.76 Å². The minimum Gasteiger partial charge on any atom is -0.476 e. The van der Waals surface area contributed by atoms with Gasteiger partial charge in [-0.05, 0) is 19.1 Å². The number of hydrazine groups is 1. The van der Waals surface area contributed by atoms with Crippen LogP contribution in [0.5, 0.6) is 5.75 Å². The van der Waals surface area contributed by atoms with Crippen LogP contribution in [0, 0.1) is 6.92 Å². The van der Waals surface area contributed by atoms with E-state index in [4.69, 9.17) is 20.8 Å². The molecule has 7 heteroatoms. The number of aryl methyl sites for hydroxylation is 1. The summed E-state index contributed by atoms with van der Waals surface area (Å²) in [6, 6.07) is 8.16. The average molecular weight is 309 g/mol. The fourth-order valence-electron chi connectivity index (χ4n) is 1.55. The van der Waals surface area contributed by atoms with Gasteiger partial charge in [-0.25, -0.2) is 0 Å². The second kappa shape index (κ2) is 6.81. The Labute approximate surface area is 125 Å². The summed E-state index contributed by atoms with van der Waals surface area (Å²) in [4.78, 5) is 23.2. The minimum absolute atomic E-state index is 0.0189. The van der Waals surface area contributed by atoms with Gasteiger partial charge in [0.2, 0.25) is 11.2 Å². The van der Waals surface area contributed by atoms with E-state index < -0.39 is 5.91 Å². The van der Waals surface area contributed by atoms with E-state index in [1.807, 2.05) is 0 Å². The standard InChI is InChI=1S/C14H13ClN2O4/c1-9-14(12(18)6-7-20-9)21-8-13(19)17-16-11-5-3-2-4-10(11)15/h2-7,16H,8H2,1H3,(H,17,19). The molecule has 0 spiro atoms. The smallest absolute Gasteiger partial charge is 0.276 e. The van der Waals surface area contributed by atoms with Gasteiger partial charge < -0.3 is 9.15 Å². The van der Waals surface area contributed by atoms with Crippen molar-refractivity contribution in [2.75, 3.05) is 12.0 Å². The largest absolute Gasteiger partial charge is 0.476 e. The Balaban J connectivity index is 1.88. The predicted octanol–water partition coefficient (Wildman–Crippen LogP) is 2.12. The number of para-hydroxylation sites is 1. The molecule has 6 nitrogen and oxygen atoms in total. The number of carbonyl (C=O) groups is 1. The second-order valence-electron chi connectivity index (χ2n) is 4.11. The maximum absolute atomic E-state index is 11.6. The number of ether oxygens (including phenoxy) is 1. The summed E-state index contributed by atoms with van der Waals surface area (Å²) in [5, 5.41) is 0.471. The molecule has 1 aromatic heterocycles. The predicted molar refractivity (Wildman–Crippen MR) is 78.4 cm³/mol. The van der Waals surface area contributed by atoms with Crippen LogP contribution >= 0.6 is 11.6 Å². The first kappa shape index (κ1) is 14.9. The fraction of sp³-hybridized carbons (Fsp3) is 0.143. The Hall–Kier alpha value is -2.47. The lowest BCUT2D eigenvalue weighted by atomic mass is 10.3. The third-order valence-corrected chi connectivity index (χ3v) is 2.90. The Morgan fingerprint density at radius 2 is 2.10 bits per heavy atom. The zero-order valence-electron chi connectivity index (χ0n) is 11.2. The van der Waals surface area contributed by atoms with Gasteiger partial charge >= 0.3 is 0 Å².